The largest absolute Gasteiger partial charge is 0.418 e. The Morgan fingerprint density at radius 1 is 1.06 bits per heavy atom. The third-order valence-corrected chi connectivity index (χ3v) is 5.59. The van der Waals surface area contributed by atoms with Crippen LogP contribution in [-0.4, -0.2) is 32.6 Å². The molecule has 0 bridgehead atoms. The summed E-state index contributed by atoms with van der Waals surface area (Å²) in [6.45, 7) is 2.24. The van der Waals surface area contributed by atoms with Gasteiger partial charge in [-0.3, -0.25) is 14.8 Å². The van der Waals surface area contributed by atoms with Crippen LogP contribution in [0.15, 0.2) is 65.6 Å². The number of carbonyl (C=O) groups is 1. The highest BCUT2D eigenvalue weighted by Gasteiger charge is 2.56. The summed E-state index contributed by atoms with van der Waals surface area (Å²) in [6.07, 6.45) is -4.46. The molecule has 2 aromatic carbocycles. The summed E-state index contributed by atoms with van der Waals surface area (Å²) in [4.78, 5) is 23.8. The van der Waals surface area contributed by atoms with Crippen LogP contribution >= 0.6 is 0 Å². The van der Waals surface area contributed by atoms with Crippen molar-refractivity contribution >= 4 is 16.8 Å². The molecular weight excluding hydrogens is 425 g/mol. The van der Waals surface area contributed by atoms with E-state index in [0.29, 0.717) is 5.56 Å². The van der Waals surface area contributed by atoms with Gasteiger partial charge in [-0.25, -0.2) is 5.48 Å². The fourth-order valence-electron chi connectivity index (χ4n) is 3.90. The lowest BCUT2D eigenvalue weighted by molar-refractivity contribution is -0.271. The first-order chi connectivity index (χ1) is 14.9. The van der Waals surface area contributed by atoms with Crippen LogP contribution in [0.5, 0.6) is 0 Å². The van der Waals surface area contributed by atoms with Crippen molar-refractivity contribution in [3.63, 3.8) is 0 Å². The van der Waals surface area contributed by atoms with Crippen molar-refractivity contribution in [2.75, 3.05) is 0 Å². The van der Waals surface area contributed by atoms with E-state index >= 15 is 0 Å². The summed E-state index contributed by atoms with van der Waals surface area (Å²) in [5, 5.41) is 20.0. The van der Waals surface area contributed by atoms with Gasteiger partial charge in [-0.05, 0) is 41.7 Å². The zero-order valence-electron chi connectivity index (χ0n) is 17.5. The molecule has 6 nitrogen and oxygen atoms in total. The van der Waals surface area contributed by atoms with Gasteiger partial charge >= 0.3 is 6.18 Å². The summed E-state index contributed by atoms with van der Waals surface area (Å²) in [6, 6.07) is 13.3. The second-order valence-corrected chi connectivity index (χ2v) is 8.44. The predicted octanol–water partition coefficient (Wildman–Crippen LogP) is 3.78. The Bertz CT molecular complexity index is 1200. The Labute approximate surface area is 181 Å². The van der Waals surface area contributed by atoms with Crippen LogP contribution < -0.4 is 10.9 Å². The Balaban J connectivity index is 2.03. The first-order valence-corrected chi connectivity index (χ1v) is 9.80. The van der Waals surface area contributed by atoms with Crippen LogP contribution in [0.3, 0.4) is 0 Å². The molecule has 3 aromatic rings. The standard InChI is InChI=1S/C23H23F3N2O4/c1-21(2,16-7-5-6-15(12-16)20(30)27-32)13-22(31,23(24,25)26)14-28-11-10-19(29)17-8-3-4-9-18(17)28/h3-12,31-32H,13-14H2,1-2H3,(H,27,30). The Morgan fingerprint density at radius 3 is 2.41 bits per heavy atom. The number of hydrogen-bond donors (Lipinski definition) is 3. The smallest absolute Gasteiger partial charge is 0.379 e. The van der Waals surface area contributed by atoms with E-state index in [9.17, 15) is 27.9 Å². The lowest BCUT2D eigenvalue weighted by atomic mass is 9.74. The average Bonchev–Trinajstić information content (AvgIpc) is 2.74. The molecule has 0 radical (unpaired) electrons. The number of amides is 1. The summed E-state index contributed by atoms with van der Waals surface area (Å²) in [5.74, 6) is -0.798. The van der Waals surface area contributed by atoms with E-state index in [1.807, 2.05) is 0 Å². The van der Waals surface area contributed by atoms with Crippen LogP contribution in [0.25, 0.3) is 10.9 Å². The van der Waals surface area contributed by atoms with Crippen molar-refractivity contribution in [3.05, 3.63) is 82.1 Å². The van der Waals surface area contributed by atoms with Gasteiger partial charge in [0.25, 0.3) is 5.91 Å². The first kappa shape index (κ1) is 23.5. The predicted molar refractivity (Wildman–Crippen MR) is 113 cm³/mol. The molecule has 1 unspecified atom stereocenters. The van der Waals surface area contributed by atoms with E-state index in [-0.39, 0.29) is 21.9 Å². The molecule has 0 aliphatic rings. The number of benzene rings is 2. The van der Waals surface area contributed by atoms with Crippen LogP contribution in [-0.2, 0) is 12.0 Å². The molecule has 0 spiro atoms. The van der Waals surface area contributed by atoms with Crippen molar-refractivity contribution in [2.45, 2.75) is 44.0 Å². The summed E-state index contributed by atoms with van der Waals surface area (Å²) in [7, 11) is 0. The normalized spacial score (nSPS) is 14.2. The number of halogens is 3. The van der Waals surface area contributed by atoms with Gasteiger partial charge in [-0.15, -0.1) is 0 Å². The minimum atomic E-state index is -4.98. The van der Waals surface area contributed by atoms with Crippen LogP contribution in [0, 0.1) is 0 Å². The van der Waals surface area contributed by atoms with Crippen LogP contribution in [0.2, 0.25) is 0 Å². The number of para-hydroxylation sites is 1. The molecule has 0 saturated carbocycles. The van der Waals surface area contributed by atoms with E-state index in [2.05, 4.69) is 0 Å². The van der Waals surface area contributed by atoms with Gasteiger partial charge in [0, 0.05) is 23.2 Å². The van der Waals surface area contributed by atoms with E-state index in [1.54, 1.807) is 18.2 Å². The van der Waals surface area contributed by atoms with E-state index < -0.39 is 36.1 Å². The molecule has 0 fully saturated rings. The molecule has 1 amide bonds. The third-order valence-electron chi connectivity index (χ3n) is 5.59. The molecule has 1 heterocycles. The van der Waals surface area contributed by atoms with E-state index in [4.69, 9.17) is 5.21 Å². The van der Waals surface area contributed by atoms with Gasteiger partial charge in [0.05, 0.1) is 12.1 Å². The number of pyridine rings is 1. The number of nitrogens with zero attached hydrogens (tertiary/aromatic N) is 1. The van der Waals surface area contributed by atoms with Gasteiger partial charge in [-0.1, -0.05) is 38.1 Å². The number of fused-ring (bicyclic) bond motifs is 1. The first-order valence-electron chi connectivity index (χ1n) is 9.80. The summed E-state index contributed by atoms with van der Waals surface area (Å²) >= 11 is 0. The maximum Gasteiger partial charge on any atom is 0.418 e. The number of rotatable bonds is 6. The van der Waals surface area contributed by atoms with E-state index in [0.717, 1.165) is 0 Å². The lowest BCUT2D eigenvalue weighted by Gasteiger charge is -2.38. The number of aromatic nitrogens is 1. The minimum absolute atomic E-state index is 0.0695. The molecule has 9 heteroatoms. The van der Waals surface area contributed by atoms with Crippen molar-refractivity contribution < 1.29 is 28.3 Å². The molecule has 0 aliphatic heterocycles. The molecular formula is C23H23F3N2O4. The van der Waals surface area contributed by atoms with Gasteiger partial charge in [0.15, 0.2) is 11.0 Å². The Hall–Kier alpha value is -3.17. The molecule has 0 aliphatic carbocycles. The maximum atomic E-state index is 14.2. The minimum Gasteiger partial charge on any atom is -0.379 e. The average molecular weight is 448 g/mol. The zero-order valence-corrected chi connectivity index (χ0v) is 17.5. The number of carbonyl (C=O) groups excluding carboxylic acids is 1. The van der Waals surface area contributed by atoms with Gasteiger partial charge in [-0.2, -0.15) is 13.2 Å². The highest BCUT2D eigenvalue weighted by molar-refractivity contribution is 5.93. The molecule has 3 rings (SSSR count). The lowest BCUT2D eigenvalue weighted by Crippen LogP contribution is -2.52. The third kappa shape index (κ3) is 4.53. The number of aliphatic hydroxyl groups is 1. The quantitative estimate of drug-likeness (QED) is 0.395. The number of nitrogens with one attached hydrogen (secondary N) is 1. The molecule has 0 saturated heterocycles. The number of hydrogen-bond acceptors (Lipinski definition) is 4. The summed E-state index contributed by atoms with van der Waals surface area (Å²) in [5.41, 5.74) is -2.45. The van der Waals surface area contributed by atoms with Gasteiger partial charge < -0.3 is 9.67 Å². The number of hydroxylamine groups is 1. The second-order valence-electron chi connectivity index (χ2n) is 8.44. The molecule has 1 aromatic heterocycles. The van der Waals surface area contributed by atoms with Gasteiger partial charge in [0.2, 0.25) is 0 Å². The van der Waals surface area contributed by atoms with Crippen molar-refractivity contribution in [1.82, 2.24) is 10.0 Å². The maximum absolute atomic E-state index is 14.2. The van der Waals surface area contributed by atoms with Gasteiger partial charge in [0.1, 0.15) is 0 Å². The Morgan fingerprint density at radius 2 is 1.75 bits per heavy atom. The van der Waals surface area contributed by atoms with Crippen molar-refractivity contribution in [3.8, 4) is 0 Å². The molecule has 170 valence electrons. The molecule has 32 heavy (non-hydrogen) atoms. The van der Waals surface area contributed by atoms with Crippen LogP contribution in [0.4, 0.5) is 13.2 Å². The van der Waals surface area contributed by atoms with Crippen molar-refractivity contribution in [2.24, 2.45) is 0 Å². The number of alkyl halides is 3. The monoisotopic (exact) mass is 448 g/mol. The SMILES string of the molecule is CC(C)(CC(O)(Cn1ccc(=O)c2ccccc21)C(F)(F)F)c1cccc(C(=O)NO)c1. The topological polar surface area (TPSA) is 91.6 Å². The molecule has 3 N–H and O–H groups in total. The second kappa shape index (κ2) is 8.40. The fraction of sp³-hybridized carbons (Fsp3) is 0.304. The Kier molecular flexibility index (Phi) is 6.17. The summed E-state index contributed by atoms with van der Waals surface area (Å²) < 4.78 is 43.7. The fourth-order valence-corrected chi connectivity index (χ4v) is 3.90. The molecule has 1 atom stereocenters. The highest BCUT2D eigenvalue weighted by Crippen LogP contribution is 2.42. The van der Waals surface area contributed by atoms with E-state index in [1.165, 1.54) is 66.5 Å². The zero-order chi connectivity index (χ0) is 23.7. The van der Waals surface area contributed by atoms with Crippen LogP contribution in [0.1, 0.15) is 36.2 Å². The highest BCUT2D eigenvalue weighted by atomic mass is 19.4. The van der Waals surface area contributed by atoms with Crippen molar-refractivity contribution in [1.29, 1.82) is 0 Å².